The summed E-state index contributed by atoms with van der Waals surface area (Å²) in [5.74, 6) is -1.60. The first-order valence-corrected chi connectivity index (χ1v) is 12.4. The van der Waals surface area contributed by atoms with E-state index in [1.165, 1.54) is 4.90 Å². The van der Waals surface area contributed by atoms with Gasteiger partial charge >= 0.3 is 5.97 Å². The number of hydrogen-bond acceptors (Lipinski definition) is 6. The summed E-state index contributed by atoms with van der Waals surface area (Å²) in [6, 6.07) is 4.42. The van der Waals surface area contributed by atoms with E-state index in [4.69, 9.17) is 21.1 Å². The van der Waals surface area contributed by atoms with Gasteiger partial charge in [0.2, 0.25) is 18.1 Å². The van der Waals surface area contributed by atoms with Gasteiger partial charge in [-0.15, -0.1) is 0 Å². The van der Waals surface area contributed by atoms with Crippen LogP contribution in [-0.4, -0.2) is 66.2 Å². The van der Waals surface area contributed by atoms with Crippen LogP contribution in [0.25, 0.3) is 0 Å². The topological polar surface area (TPSA) is 114 Å². The summed E-state index contributed by atoms with van der Waals surface area (Å²) < 4.78 is 10.7. The van der Waals surface area contributed by atoms with Gasteiger partial charge in [-0.05, 0) is 36.8 Å². The van der Waals surface area contributed by atoms with Gasteiger partial charge in [0.1, 0.15) is 18.1 Å². The Kier molecular flexibility index (Phi) is 8.77. The lowest BCUT2D eigenvalue weighted by atomic mass is 9.85. The monoisotopic (exact) mass is 507 g/mol. The number of benzene rings is 1. The molecular formula is C25H34ClN3O6. The van der Waals surface area contributed by atoms with E-state index in [9.17, 15) is 19.2 Å². The Morgan fingerprint density at radius 3 is 2.63 bits per heavy atom. The Bertz CT molecular complexity index is 963. The number of nitrogens with one attached hydrogen (secondary N) is 2. The summed E-state index contributed by atoms with van der Waals surface area (Å²) >= 11 is 6.17. The van der Waals surface area contributed by atoms with E-state index < -0.39 is 41.7 Å². The molecule has 9 nitrogen and oxygen atoms in total. The van der Waals surface area contributed by atoms with E-state index in [0.29, 0.717) is 26.0 Å². The Hall–Kier alpha value is -2.65. The number of nitrogens with zero attached hydrogens (tertiary/aromatic N) is 1. The van der Waals surface area contributed by atoms with E-state index in [-0.39, 0.29) is 28.8 Å². The van der Waals surface area contributed by atoms with Crippen LogP contribution in [0.4, 0.5) is 0 Å². The van der Waals surface area contributed by atoms with Gasteiger partial charge in [0.05, 0.1) is 23.6 Å². The van der Waals surface area contributed by atoms with E-state index in [1.54, 1.807) is 24.3 Å². The van der Waals surface area contributed by atoms with Crippen molar-refractivity contribution < 1.29 is 28.7 Å². The summed E-state index contributed by atoms with van der Waals surface area (Å²) in [6.45, 7) is 8.28. The van der Waals surface area contributed by atoms with E-state index in [1.807, 2.05) is 27.7 Å². The highest BCUT2D eigenvalue weighted by Crippen LogP contribution is 2.27. The van der Waals surface area contributed by atoms with Crippen LogP contribution in [0, 0.1) is 5.41 Å². The molecule has 0 radical (unpaired) electrons. The fourth-order valence-corrected chi connectivity index (χ4v) is 4.51. The summed E-state index contributed by atoms with van der Waals surface area (Å²) in [5, 5.41) is 5.96. The van der Waals surface area contributed by atoms with Crippen molar-refractivity contribution in [2.24, 2.45) is 5.41 Å². The molecule has 2 heterocycles. The third-order valence-electron chi connectivity index (χ3n) is 6.12. The van der Waals surface area contributed by atoms with Crippen LogP contribution in [0.5, 0.6) is 0 Å². The number of halogens is 1. The molecular weight excluding hydrogens is 474 g/mol. The quantitative estimate of drug-likeness (QED) is 0.523. The van der Waals surface area contributed by atoms with E-state index in [0.717, 1.165) is 6.42 Å². The number of hydrogen-bond donors (Lipinski definition) is 2. The average Bonchev–Trinajstić information content (AvgIpc) is 3.41. The largest absolute Gasteiger partial charge is 0.433 e. The summed E-state index contributed by atoms with van der Waals surface area (Å²) in [5.41, 5.74) is -0.349. The van der Waals surface area contributed by atoms with E-state index in [2.05, 4.69) is 10.6 Å². The number of carbonyl (C=O) groups excluding carboxylic acids is 4. The molecule has 192 valence electrons. The Balaban J connectivity index is 1.73. The Morgan fingerprint density at radius 1 is 1.26 bits per heavy atom. The van der Waals surface area contributed by atoms with Gasteiger partial charge in [-0.25, -0.2) is 0 Å². The van der Waals surface area contributed by atoms with Crippen molar-refractivity contribution in [3.05, 3.63) is 34.9 Å². The molecule has 2 N–H and O–H groups in total. The van der Waals surface area contributed by atoms with Crippen LogP contribution < -0.4 is 10.6 Å². The fraction of sp³-hybridized carbons (Fsp3) is 0.600. The molecule has 35 heavy (non-hydrogen) atoms. The van der Waals surface area contributed by atoms with Gasteiger partial charge in [0.25, 0.3) is 5.91 Å². The lowest BCUT2D eigenvalue weighted by Crippen LogP contribution is -2.58. The maximum Gasteiger partial charge on any atom is 0.310 e. The molecule has 0 saturated carbocycles. The first-order chi connectivity index (χ1) is 16.5. The third kappa shape index (κ3) is 6.52. The van der Waals surface area contributed by atoms with Crippen LogP contribution in [0.1, 0.15) is 63.7 Å². The Labute approximate surface area is 210 Å². The first kappa shape index (κ1) is 26.9. The van der Waals surface area contributed by atoms with Crippen LogP contribution in [0.2, 0.25) is 5.02 Å². The highest BCUT2D eigenvalue weighted by Gasteiger charge is 2.44. The predicted molar refractivity (Wildman–Crippen MR) is 130 cm³/mol. The second kappa shape index (κ2) is 11.4. The summed E-state index contributed by atoms with van der Waals surface area (Å²) in [6.07, 6.45) is 1.05. The second-order valence-electron chi connectivity index (χ2n) is 9.99. The lowest BCUT2D eigenvalue weighted by Gasteiger charge is -2.35. The number of esters is 1. The van der Waals surface area contributed by atoms with Gasteiger partial charge in [0, 0.05) is 6.54 Å². The molecule has 1 aromatic carbocycles. The third-order valence-corrected chi connectivity index (χ3v) is 6.45. The van der Waals surface area contributed by atoms with Crippen molar-refractivity contribution in [2.75, 3.05) is 13.2 Å². The fourth-order valence-electron chi connectivity index (χ4n) is 4.29. The van der Waals surface area contributed by atoms with E-state index >= 15 is 0 Å². The molecule has 0 aromatic heterocycles. The average molecular weight is 508 g/mol. The van der Waals surface area contributed by atoms with Gasteiger partial charge in [-0.3, -0.25) is 19.2 Å². The molecule has 2 aliphatic rings. The van der Waals surface area contributed by atoms with Crippen molar-refractivity contribution in [2.45, 2.75) is 77.8 Å². The van der Waals surface area contributed by atoms with Crippen LogP contribution in [0.3, 0.4) is 0 Å². The van der Waals surface area contributed by atoms with Gasteiger partial charge in [-0.1, -0.05) is 51.4 Å². The van der Waals surface area contributed by atoms with Gasteiger partial charge < -0.3 is 25.0 Å². The number of ether oxygens (including phenoxy) is 2. The summed E-state index contributed by atoms with van der Waals surface area (Å²) in [7, 11) is 0. The molecule has 10 heteroatoms. The minimum atomic E-state index is -0.878. The number of amides is 3. The minimum Gasteiger partial charge on any atom is -0.433 e. The molecule has 1 aromatic rings. The number of likely N-dealkylation sites (tertiary alicyclic amines) is 1. The molecule has 2 saturated heterocycles. The zero-order valence-corrected chi connectivity index (χ0v) is 21.4. The van der Waals surface area contributed by atoms with Crippen LogP contribution in [-0.2, 0) is 23.9 Å². The summed E-state index contributed by atoms with van der Waals surface area (Å²) in [4.78, 5) is 53.0. The van der Waals surface area contributed by atoms with Crippen LogP contribution in [0.15, 0.2) is 24.3 Å². The zero-order valence-electron chi connectivity index (χ0n) is 20.6. The Morgan fingerprint density at radius 2 is 1.97 bits per heavy atom. The second-order valence-corrected chi connectivity index (χ2v) is 10.4. The van der Waals surface area contributed by atoms with Gasteiger partial charge in [-0.2, -0.15) is 0 Å². The SMILES string of the molecule is CCCO[C@@H]1OC(=O)C[C@@H]1NC(=O)[C@@H]1CCCN1C(=O)[C@@H](NC(=O)c1ccccc1Cl)C(C)(C)C. The minimum absolute atomic E-state index is 0.0132. The number of cyclic esters (lactones) is 1. The molecule has 0 aliphatic carbocycles. The van der Waals surface area contributed by atoms with Gasteiger partial charge in [0.15, 0.2) is 0 Å². The maximum absolute atomic E-state index is 13.6. The molecule has 0 bridgehead atoms. The number of rotatable bonds is 8. The molecule has 2 fully saturated rings. The highest BCUT2D eigenvalue weighted by molar-refractivity contribution is 6.33. The molecule has 3 rings (SSSR count). The van der Waals surface area contributed by atoms with Crippen molar-refractivity contribution >= 4 is 35.3 Å². The smallest absolute Gasteiger partial charge is 0.310 e. The normalized spacial score (nSPS) is 23.1. The molecule has 2 aliphatic heterocycles. The van der Waals surface area contributed by atoms with Crippen molar-refractivity contribution in [1.29, 1.82) is 0 Å². The van der Waals surface area contributed by atoms with Crippen molar-refractivity contribution in [3.8, 4) is 0 Å². The lowest BCUT2D eigenvalue weighted by molar-refractivity contribution is -0.165. The van der Waals surface area contributed by atoms with Crippen molar-refractivity contribution in [1.82, 2.24) is 15.5 Å². The molecule has 3 amide bonds. The molecule has 4 atom stereocenters. The zero-order chi connectivity index (χ0) is 25.8. The molecule has 0 unspecified atom stereocenters. The highest BCUT2D eigenvalue weighted by atomic mass is 35.5. The first-order valence-electron chi connectivity index (χ1n) is 12.0. The number of carbonyl (C=O) groups is 4. The molecule has 0 spiro atoms. The predicted octanol–water partition coefficient (Wildman–Crippen LogP) is 2.66. The standard InChI is InChI=1S/C25H34ClN3O6/c1-5-13-34-24-17(14-19(30)35-24)27-22(32)18-11-8-12-29(18)23(33)20(25(2,3)4)28-21(31)15-9-6-7-10-16(15)26/h6-7,9-10,17-18,20,24H,5,8,11-14H2,1-4H3,(H,27,32)(H,28,31)/t17-,18-,20+,24+/m0/s1. The maximum atomic E-state index is 13.6. The van der Waals surface area contributed by atoms with Crippen LogP contribution >= 0.6 is 11.6 Å². The van der Waals surface area contributed by atoms with Crippen molar-refractivity contribution in [3.63, 3.8) is 0 Å².